The Kier molecular flexibility index (Phi) is 3.81. The van der Waals surface area contributed by atoms with Gasteiger partial charge in [-0.2, -0.15) is 5.10 Å². The Morgan fingerprint density at radius 1 is 1.40 bits per heavy atom. The van der Waals surface area contributed by atoms with Crippen LogP contribution >= 0.6 is 0 Å². The van der Waals surface area contributed by atoms with Crippen LogP contribution < -0.4 is 10.6 Å². The van der Waals surface area contributed by atoms with Gasteiger partial charge in [-0.15, -0.1) is 0 Å². The molecule has 25 heavy (non-hydrogen) atoms. The molecule has 1 aliphatic heterocycles. The number of nitrogens with one attached hydrogen (secondary N) is 2. The Morgan fingerprint density at radius 3 is 3.08 bits per heavy atom. The first-order valence-corrected chi connectivity index (χ1v) is 8.92. The van der Waals surface area contributed by atoms with Crippen molar-refractivity contribution in [1.29, 1.82) is 0 Å². The minimum Gasteiger partial charge on any atom is -0.466 e. The van der Waals surface area contributed by atoms with E-state index in [2.05, 4.69) is 40.6 Å². The monoisotopic (exact) mass is 343 g/mol. The fourth-order valence-electron chi connectivity index (χ4n) is 4.05. The van der Waals surface area contributed by atoms with Crippen LogP contribution in [0.4, 0.5) is 4.79 Å². The second-order valence-corrected chi connectivity index (χ2v) is 8.05. The summed E-state index contributed by atoms with van der Waals surface area (Å²) in [5.74, 6) is 2.90. The van der Waals surface area contributed by atoms with Crippen molar-refractivity contribution in [1.82, 2.24) is 25.4 Å². The Balaban J connectivity index is 1.42. The van der Waals surface area contributed by atoms with Crippen LogP contribution in [0.25, 0.3) is 0 Å². The number of amides is 2. The zero-order chi connectivity index (χ0) is 17.6. The van der Waals surface area contributed by atoms with Crippen molar-refractivity contribution in [2.45, 2.75) is 65.1 Å². The van der Waals surface area contributed by atoms with Gasteiger partial charge < -0.3 is 15.1 Å². The van der Waals surface area contributed by atoms with Crippen LogP contribution in [-0.2, 0) is 19.4 Å². The Labute approximate surface area is 147 Å². The van der Waals surface area contributed by atoms with E-state index in [0.29, 0.717) is 6.54 Å². The average molecular weight is 343 g/mol. The molecule has 1 aliphatic carbocycles. The third kappa shape index (κ3) is 3.27. The topological polar surface area (TPSA) is 85.0 Å². The van der Waals surface area contributed by atoms with Gasteiger partial charge in [-0.05, 0) is 31.2 Å². The lowest BCUT2D eigenvalue weighted by molar-refractivity contribution is 0.209. The number of fused-ring (bicyclic) bond motifs is 2. The quantitative estimate of drug-likeness (QED) is 0.877. The number of rotatable bonds is 2. The van der Waals surface area contributed by atoms with Gasteiger partial charge in [0, 0.05) is 18.4 Å². The zero-order valence-electron chi connectivity index (χ0n) is 15.0. The standard InChI is InChI=1S/C18H25N5O2/c1-11-6-13-14(7-18(2,3)8-15(13)25-11)22-17(24)21-12-4-5-16-19-10-20-23(16)9-12/h6,10,12,14H,4-5,7-9H2,1-3H3,(H2,21,22,24). The number of aromatic nitrogens is 3. The number of aryl methyl sites for hydroxylation is 2. The smallest absolute Gasteiger partial charge is 0.315 e. The summed E-state index contributed by atoms with van der Waals surface area (Å²) in [6, 6.07) is 2.00. The molecule has 7 heteroatoms. The molecule has 2 aromatic rings. The molecule has 4 rings (SSSR count). The Morgan fingerprint density at radius 2 is 2.24 bits per heavy atom. The molecule has 2 unspecified atom stereocenters. The molecule has 2 N–H and O–H groups in total. The van der Waals surface area contributed by atoms with E-state index in [1.54, 1.807) is 6.33 Å². The molecular formula is C18H25N5O2. The van der Waals surface area contributed by atoms with E-state index < -0.39 is 0 Å². The van der Waals surface area contributed by atoms with E-state index in [-0.39, 0.29) is 23.5 Å². The van der Waals surface area contributed by atoms with Crippen molar-refractivity contribution in [3.05, 3.63) is 35.3 Å². The molecular weight excluding hydrogens is 318 g/mol. The van der Waals surface area contributed by atoms with Crippen molar-refractivity contribution in [2.75, 3.05) is 0 Å². The molecule has 0 radical (unpaired) electrons. The summed E-state index contributed by atoms with van der Waals surface area (Å²) in [4.78, 5) is 16.8. The van der Waals surface area contributed by atoms with Gasteiger partial charge in [0.2, 0.25) is 0 Å². The second-order valence-electron chi connectivity index (χ2n) is 8.05. The normalized spacial score (nSPS) is 24.3. The first-order chi connectivity index (χ1) is 11.9. The maximum Gasteiger partial charge on any atom is 0.315 e. The van der Waals surface area contributed by atoms with Crippen LogP contribution in [0.3, 0.4) is 0 Å². The fraction of sp³-hybridized carbons (Fsp3) is 0.611. The number of urea groups is 1. The average Bonchev–Trinajstić information content (AvgIpc) is 3.11. The van der Waals surface area contributed by atoms with E-state index in [1.165, 1.54) is 0 Å². The highest BCUT2D eigenvalue weighted by Crippen LogP contribution is 2.41. The van der Waals surface area contributed by atoms with Crippen LogP contribution in [0, 0.1) is 12.3 Å². The predicted octanol–water partition coefficient (Wildman–Crippen LogP) is 2.51. The summed E-state index contributed by atoms with van der Waals surface area (Å²) in [6.07, 6.45) is 5.12. The van der Waals surface area contributed by atoms with Gasteiger partial charge >= 0.3 is 6.03 Å². The molecule has 0 spiro atoms. The van der Waals surface area contributed by atoms with Gasteiger partial charge in [0.15, 0.2) is 0 Å². The summed E-state index contributed by atoms with van der Waals surface area (Å²) >= 11 is 0. The molecule has 0 fully saturated rings. The second kappa shape index (κ2) is 5.89. The van der Waals surface area contributed by atoms with E-state index >= 15 is 0 Å². The van der Waals surface area contributed by atoms with Crippen LogP contribution in [-0.4, -0.2) is 26.8 Å². The first-order valence-electron chi connectivity index (χ1n) is 8.92. The fourth-order valence-corrected chi connectivity index (χ4v) is 4.05. The number of hydrogen-bond donors (Lipinski definition) is 2. The number of nitrogens with zero attached hydrogens (tertiary/aromatic N) is 3. The van der Waals surface area contributed by atoms with Crippen LogP contribution in [0.1, 0.15) is 55.6 Å². The Hall–Kier alpha value is -2.31. The van der Waals surface area contributed by atoms with E-state index in [4.69, 9.17) is 4.42 Å². The van der Waals surface area contributed by atoms with Crippen molar-refractivity contribution in [3.63, 3.8) is 0 Å². The summed E-state index contributed by atoms with van der Waals surface area (Å²) < 4.78 is 7.71. The van der Waals surface area contributed by atoms with Crippen LogP contribution in [0.15, 0.2) is 16.8 Å². The third-order valence-corrected chi connectivity index (χ3v) is 5.18. The first kappa shape index (κ1) is 16.2. The molecule has 3 heterocycles. The maximum absolute atomic E-state index is 12.6. The zero-order valence-corrected chi connectivity index (χ0v) is 15.0. The lowest BCUT2D eigenvalue weighted by Crippen LogP contribution is -2.48. The van der Waals surface area contributed by atoms with Crippen molar-refractivity contribution < 1.29 is 9.21 Å². The lowest BCUT2D eigenvalue weighted by atomic mass is 9.75. The summed E-state index contributed by atoms with van der Waals surface area (Å²) in [5.41, 5.74) is 1.23. The van der Waals surface area contributed by atoms with Crippen LogP contribution in [0.5, 0.6) is 0 Å². The highest BCUT2D eigenvalue weighted by molar-refractivity contribution is 5.75. The Bertz CT molecular complexity index is 791. The minimum absolute atomic E-state index is 0.0123. The minimum atomic E-state index is -0.124. The SMILES string of the molecule is Cc1cc2c(o1)CC(C)(C)CC2NC(=O)NC1CCc2ncnn2C1. The van der Waals surface area contributed by atoms with Crippen molar-refractivity contribution >= 4 is 6.03 Å². The number of furan rings is 1. The molecule has 0 bridgehead atoms. The van der Waals surface area contributed by atoms with Crippen LogP contribution in [0.2, 0.25) is 0 Å². The number of carbonyl (C=O) groups is 1. The summed E-state index contributed by atoms with van der Waals surface area (Å²) in [6.45, 7) is 7.07. The molecule has 2 aliphatic rings. The molecule has 0 saturated heterocycles. The predicted molar refractivity (Wildman–Crippen MR) is 92.1 cm³/mol. The van der Waals surface area contributed by atoms with Gasteiger partial charge in [0.05, 0.1) is 18.6 Å². The van der Waals surface area contributed by atoms with Gasteiger partial charge in [-0.3, -0.25) is 0 Å². The van der Waals surface area contributed by atoms with Crippen molar-refractivity contribution in [2.24, 2.45) is 5.41 Å². The van der Waals surface area contributed by atoms with E-state index in [1.807, 2.05) is 11.6 Å². The molecule has 2 aromatic heterocycles. The van der Waals surface area contributed by atoms with E-state index in [0.717, 1.165) is 48.6 Å². The molecule has 0 saturated carbocycles. The van der Waals surface area contributed by atoms with Gasteiger partial charge in [-0.25, -0.2) is 14.5 Å². The molecule has 7 nitrogen and oxygen atoms in total. The molecule has 0 aromatic carbocycles. The molecule has 2 amide bonds. The molecule has 134 valence electrons. The number of carbonyl (C=O) groups excluding carboxylic acids is 1. The highest BCUT2D eigenvalue weighted by Gasteiger charge is 2.36. The lowest BCUT2D eigenvalue weighted by Gasteiger charge is -2.35. The van der Waals surface area contributed by atoms with Gasteiger partial charge in [-0.1, -0.05) is 13.8 Å². The van der Waals surface area contributed by atoms with Gasteiger partial charge in [0.1, 0.15) is 23.7 Å². The largest absolute Gasteiger partial charge is 0.466 e. The third-order valence-electron chi connectivity index (χ3n) is 5.18. The summed E-state index contributed by atoms with van der Waals surface area (Å²) in [7, 11) is 0. The van der Waals surface area contributed by atoms with Crippen molar-refractivity contribution in [3.8, 4) is 0 Å². The highest BCUT2D eigenvalue weighted by atomic mass is 16.3. The molecule has 2 atom stereocenters. The summed E-state index contributed by atoms with van der Waals surface area (Å²) in [5, 5.41) is 10.4. The maximum atomic E-state index is 12.6. The van der Waals surface area contributed by atoms with E-state index in [9.17, 15) is 4.79 Å². The van der Waals surface area contributed by atoms with Gasteiger partial charge in [0.25, 0.3) is 0 Å². The number of hydrogen-bond acceptors (Lipinski definition) is 4.